The highest BCUT2D eigenvalue weighted by Gasteiger charge is 2.31. The van der Waals surface area contributed by atoms with Crippen LogP contribution in [0.3, 0.4) is 0 Å². The lowest BCUT2D eigenvalue weighted by atomic mass is 11.8. The molecule has 3 nitrogen and oxygen atoms in total. The Bertz CT molecular complexity index is 174. The molecule has 0 heterocycles. The molecule has 0 spiro atoms. The molecule has 0 atom stereocenters. The summed E-state index contributed by atoms with van der Waals surface area (Å²) >= 11 is 11.9. The molecular formula is C6H18Cl2O3Si4. The number of halogens is 2. The summed E-state index contributed by atoms with van der Waals surface area (Å²) in [6.07, 6.45) is 0. The van der Waals surface area contributed by atoms with Crippen molar-refractivity contribution in [2.24, 2.45) is 0 Å². The zero-order chi connectivity index (χ0) is 12.3. The summed E-state index contributed by atoms with van der Waals surface area (Å²) in [5.41, 5.74) is 0. The van der Waals surface area contributed by atoms with Gasteiger partial charge in [-0.05, 0) is 39.3 Å². The van der Waals surface area contributed by atoms with Crippen molar-refractivity contribution in [1.29, 1.82) is 0 Å². The Kier molecular flexibility index (Phi) is 6.87. The molecule has 0 bridgehead atoms. The molecule has 0 saturated carbocycles. The summed E-state index contributed by atoms with van der Waals surface area (Å²) < 4.78 is 16.5. The van der Waals surface area contributed by atoms with Gasteiger partial charge in [-0.15, -0.1) is 0 Å². The Hall–Kier alpha value is 1.33. The smallest absolute Gasteiger partial charge is 0.424 e. The quantitative estimate of drug-likeness (QED) is 0.555. The highest BCUT2D eigenvalue weighted by Crippen LogP contribution is 2.13. The van der Waals surface area contributed by atoms with Gasteiger partial charge in [0.15, 0.2) is 16.6 Å². The van der Waals surface area contributed by atoms with Crippen molar-refractivity contribution >= 4 is 56.0 Å². The summed E-state index contributed by atoms with van der Waals surface area (Å²) in [5, 5.41) is 0. The first-order valence-corrected chi connectivity index (χ1v) is 16.1. The molecule has 0 saturated heterocycles. The monoisotopic (exact) mass is 320 g/mol. The van der Waals surface area contributed by atoms with E-state index in [1.54, 1.807) is 0 Å². The Labute approximate surface area is 107 Å². The lowest BCUT2D eigenvalue weighted by Crippen LogP contribution is -2.40. The first kappa shape index (κ1) is 16.3. The van der Waals surface area contributed by atoms with E-state index in [4.69, 9.17) is 34.5 Å². The van der Waals surface area contributed by atoms with Crippen molar-refractivity contribution in [2.45, 2.75) is 39.3 Å². The molecule has 0 aromatic rings. The minimum Gasteiger partial charge on any atom is -0.424 e. The average molecular weight is 321 g/mol. The van der Waals surface area contributed by atoms with E-state index in [1.807, 2.05) is 0 Å². The lowest BCUT2D eigenvalue weighted by molar-refractivity contribution is 0.399. The molecule has 9 heteroatoms. The second kappa shape index (κ2) is 6.31. The van der Waals surface area contributed by atoms with Crippen LogP contribution in [0.2, 0.25) is 39.3 Å². The molecule has 2 radical (unpaired) electrons. The summed E-state index contributed by atoms with van der Waals surface area (Å²) in [4.78, 5) is 0. The van der Waals surface area contributed by atoms with Crippen LogP contribution in [-0.4, -0.2) is 33.8 Å². The van der Waals surface area contributed by atoms with E-state index in [0.717, 1.165) is 0 Å². The van der Waals surface area contributed by atoms with Crippen LogP contribution in [0, 0.1) is 0 Å². The summed E-state index contributed by atoms with van der Waals surface area (Å²) in [6, 6.07) is 0. The van der Waals surface area contributed by atoms with Crippen LogP contribution in [-0.2, 0) is 12.3 Å². The van der Waals surface area contributed by atoms with Crippen LogP contribution in [0.1, 0.15) is 0 Å². The standard InChI is InChI=1S/C6H18Cl2O3Si4/c1-14(2,3)10-12(7)9-13(8)11-15(4,5)6/h1-6H3. The molecule has 0 aliphatic rings. The lowest BCUT2D eigenvalue weighted by Gasteiger charge is -2.24. The van der Waals surface area contributed by atoms with Gasteiger partial charge in [0.1, 0.15) is 0 Å². The summed E-state index contributed by atoms with van der Waals surface area (Å²) in [6.45, 7) is 12.4. The maximum Gasteiger partial charge on any atom is 0.485 e. The molecule has 0 aliphatic heterocycles. The van der Waals surface area contributed by atoms with Gasteiger partial charge in [-0.25, -0.2) is 0 Å². The molecule has 0 aliphatic carbocycles. The van der Waals surface area contributed by atoms with E-state index in [9.17, 15) is 0 Å². The molecule has 0 aromatic carbocycles. The van der Waals surface area contributed by atoms with E-state index in [2.05, 4.69) is 39.3 Å². The predicted octanol–water partition coefficient (Wildman–Crippen LogP) is 3.15. The fourth-order valence-corrected chi connectivity index (χ4v) is 11.8. The molecular weight excluding hydrogens is 303 g/mol. The number of hydrogen-bond donors (Lipinski definition) is 0. The van der Waals surface area contributed by atoms with Gasteiger partial charge in [0.25, 0.3) is 0 Å². The van der Waals surface area contributed by atoms with Crippen molar-refractivity contribution in [3.05, 3.63) is 0 Å². The van der Waals surface area contributed by atoms with Crippen LogP contribution in [0.25, 0.3) is 0 Å². The molecule has 0 rings (SSSR count). The fraction of sp³-hybridized carbons (Fsp3) is 1.00. The maximum atomic E-state index is 5.96. The SMILES string of the molecule is C[Si](C)(C)O[Si](Cl)O[Si](Cl)O[Si](C)(C)C. The van der Waals surface area contributed by atoms with Crippen LogP contribution < -0.4 is 0 Å². The second-order valence-electron chi connectivity index (χ2n) is 5.01. The third kappa shape index (κ3) is 11.6. The Morgan fingerprint density at radius 3 is 1.20 bits per heavy atom. The van der Waals surface area contributed by atoms with Gasteiger partial charge in [-0.2, -0.15) is 0 Å². The fourth-order valence-electron chi connectivity index (χ4n) is 0.586. The van der Waals surface area contributed by atoms with Crippen molar-refractivity contribution < 1.29 is 12.3 Å². The van der Waals surface area contributed by atoms with E-state index < -0.39 is 33.8 Å². The minimum atomic E-state index is -1.77. The van der Waals surface area contributed by atoms with Gasteiger partial charge in [0, 0.05) is 0 Å². The van der Waals surface area contributed by atoms with Gasteiger partial charge < -0.3 is 12.3 Å². The predicted molar refractivity (Wildman–Crippen MR) is 73.2 cm³/mol. The second-order valence-corrected chi connectivity index (χ2v) is 18.7. The van der Waals surface area contributed by atoms with Crippen LogP contribution in [0.5, 0.6) is 0 Å². The first-order valence-electron chi connectivity index (χ1n) is 4.60. The maximum absolute atomic E-state index is 5.96. The van der Waals surface area contributed by atoms with Gasteiger partial charge >= 0.3 is 17.2 Å². The molecule has 0 unspecified atom stereocenters. The Morgan fingerprint density at radius 2 is 1.00 bits per heavy atom. The molecule has 0 amide bonds. The first-order chi connectivity index (χ1) is 6.49. The summed E-state index contributed by atoms with van der Waals surface area (Å²) in [7, 11) is -6.83. The number of hydrogen-bond acceptors (Lipinski definition) is 3. The molecule has 90 valence electrons. The normalized spacial score (nSPS) is 14.0. The van der Waals surface area contributed by atoms with Gasteiger partial charge in [0.2, 0.25) is 0 Å². The van der Waals surface area contributed by atoms with Crippen molar-refractivity contribution in [3.8, 4) is 0 Å². The van der Waals surface area contributed by atoms with Crippen molar-refractivity contribution in [2.75, 3.05) is 0 Å². The number of rotatable bonds is 6. The summed E-state index contributed by atoms with van der Waals surface area (Å²) in [5.74, 6) is 0. The minimum absolute atomic E-state index is 1.64. The Morgan fingerprint density at radius 1 is 0.733 bits per heavy atom. The third-order valence-corrected chi connectivity index (χ3v) is 11.2. The molecule has 0 aromatic heterocycles. The van der Waals surface area contributed by atoms with Crippen LogP contribution in [0.15, 0.2) is 0 Å². The molecule has 0 fully saturated rings. The van der Waals surface area contributed by atoms with E-state index in [0.29, 0.717) is 0 Å². The average Bonchev–Trinajstić information content (AvgIpc) is 1.73. The zero-order valence-electron chi connectivity index (χ0n) is 9.98. The van der Waals surface area contributed by atoms with E-state index in [-0.39, 0.29) is 0 Å². The van der Waals surface area contributed by atoms with Gasteiger partial charge in [-0.3, -0.25) is 0 Å². The van der Waals surface area contributed by atoms with Gasteiger partial charge in [-0.1, -0.05) is 22.2 Å². The van der Waals surface area contributed by atoms with E-state index >= 15 is 0 Å². The van der Waals surface area contributed by atoms with Crippen LogP contribution >= 0.6 is 22.2 Å². The van der Waals surface area contributed by atoms with Crippen molar-refractivity contribution in [3.63, 3.8) is 0 Å². The molecule has 15 heavy (non-hydrogen) atoms. The zero-order valence-corrected chi connectivity index (χ0v) is 15.5. The Balaban J connectivity index is 3.92. The largest absolute Gasteiger partial charge is 0.485 e. The molecule has 0 N–H and O–H groups in total. The third-order valence-electron chi connectivity index (χ3n) is 0.933. The van der Waals surface area contributed by atoms with Crippen LogP contribution in [0.4, 0.5) is 0 Å². The van der Waals surface area contributed by atoms with E-state index in [1.165, 1.54) is 0 Å². The highest BCUT2D eigenvalue weighted by molar-refractivity contribution is 7.11. The van der Waals surface area contributed by atoms with Gasteiger partial charge in [0.05, 0.1) is 0 Å². The topological polar surface area (TPSA) is 27.7 Å². The van der Waals surface area contributed by atoms with Crippen molar-refractivity contribution in [1.82, 2.24) is 0 Å². The highest BCUT2D eigenvalue weighted by atomic mass is 35.6.